The van der Waals surface area contributed by atoms with Crippen molar-refractivity contribution >= 4 is 27.8 Å². The lowest BCUT2D eigenvalue weighted by atomic mass is 10.1. The van der Waals surface area contributed by atoms with E-state index in [9.17, 15) is 10.1 Å². The lowest BCUT2D eigenvalue weighted by Crippen LogP contribution is -2.19. The molecule has 0 aliphatic heterocycles. The molecule has 5 heteroatoms. The molecule has 1 aromatic rings. The van der Waals surface area contributed by atoms with E-state index in [-0.39, 0.29) is 5.78 Å². The van der Waals surface area contributed by atoms with Gasteiger partial charge in [0, 0.05) is 13.0 Å². The Morgan fingerprint density at radius 1 is 1.40 bits per heavy atom. The van der Waals surface area contributed by atoms with Gasteiger partial charge in [0.05, 0.1) is 10.6 Å². The molecule has 0 amide bonds. The van der Waals surface area contributed by atoms with Crippen molar-refractivity contribution in [1.82, 2.24) is 0 Å². The van der Waals surface area contributed by atoms with Crippen LogP contribution >= 0.6 is 11.3 Å². The van der Waals surface area contributed by atoms with Gasteiger partial charge >= 0.3 is 0 Å². The number of nitrogen functional groups attached to an aromatic ring is 1. The average Bonchev–Trinajstić information content (AvgIpc) is 2.72. The van der Waals surface area contributed by atoms with Gasteiger partial charge in [-0.05, 0) is 12.8 Å². The molecule has 0 aliphatic carbocycles. The van der Waals surface area contributed by atoms with Gasteiger partial charge in [0.25, 0.3) is 0 Å². The Kier molecular flexibility index (Phi) is 6.53. The van der Waals surface area contributed by atoms with E-state index in [1.807, 2.05) is 0 Å². The number of hydrogen-bond donors (Lipinski definition) is 2. The number of Topliss-reactive ketones (excluding diaryl/α,β-unsaturated/α-hetero) is 1. The van der Waals surface area contributed by atoms with Crippen LogP contribution in [0.3, 0.4) is 0 Å². The molecule has 3 N–H and O–H groups in total. The fourth-order valence-electron chi connectivity index (χ4n) is 2.19. The van der Waals surface area contributed by atoms with Gasteiger partial charge in [-0.1, -0.05) is 33.1 Å². The van der Waals surface area contributed by atoms with Crippen LogP contribution in [0.2, 0.25) is 0 Å². The first-order valence-corrected chi connectivity index (χ1v) is 7.96. The zero-order valence-corrected chi connectivity index (χ0v) is 13.3. The minimum Gasteiger partial charge on any atom is -0.396 e. The lowest BCUT2D eigenvalue weighted by molar-refractivity contribution is 0.102. The molecule has 20 heavy (non-hydrogen) atoms. The molecule has 110 valence electrons. The van der Waals surface area contributed by atoms with E-state index in [1.54, 1.807) is 0 Å². The van der Waals surface area contributed by atoms with Crippen molar-refractivity contribution in [2.24, 2.45) is 0 Å². The number of nitriles is 1. The van der Waals surface area contributed by atoms with Gasteiger partial charge in [-0.15, -0.1) is 11.3 Å². The third kappa shape index (κ3) is 3.97. The van der Waals surface area contributed by atoms with Crippen LogP contribution in [-0.4, -0.2) is 11.8 Å². The smallest absolute Gasteiger partial charge is 0.171 e. The third-order valence-corrected chi connectivity index (χ3v) is 4.49. The van der Waals surface area contributed by atoms with Crippen LogP contribution in [0.15, 0.2) is 0 Å². The number of anilines is 2. The number of nitrogens with zero attached hydrogens (tertiary/aromatic N) is 1. The Hall–Kier alpha value is -1.54. The Morgan fingerprint density at radius 2 is 2.10 bits per heavy atom. The van der Waals surface area contributed by atoms with Crippen LogP contribution in [0.25, 0.3) is 0 Å². The zero-order valence-electron chi connectivity index (χ0n) is 12.5. The maximum absolute atomic E-state index is 11.5. The van der Waals surface area contributed by atoms with Crippen molar-refractivity contribution in [1.29, 1.82) is 5.26 Å². The maximum Gasteiger partial charge on any atom is 0.171 e. The number of thiophene rings is 1. The molecule has 0 bridgehead atoms. The van der Waals surface area contributed by atoms with E-state index < -0.39 is 0 Å². The molecule has 0 aromatic carbocycles. The van der Waals surface area contributed by atoms with Gasteiger partial charge in [0.15, 0.2) is 5.78 Å². The highest BCUT2D eigenvalue weighted by molar-refractivity contribution is 7.19. The molecule has 0 aliphatic rings. The molecule has 0 radical (unpaired) electrons. The van der Waals surface area contributed by atoms with E-state index in [0.29, 0.717) is 22.2 Å². The quantitative estimate of drug-likeness (QED) is 0.705. The van der Waals surface area contributed by atoms with E-state index in [0.717, 1.165) is 37.1 Å². The number of unbranched alkanes of at least 4 members (excludes halogenated alkanes) is 1. The highest BCUT2D eigenvalue weighted by atomic mass is 32.1. The van der Waals surface area contributed by atoms with Gasteiger partial charge in [-0.25, -0.2) is 0 Å². The summed E-state index contributed by atoms with van der Waals surface area (Å²) in [7, 11) is 0. The molecule has 0 fully saturated rings. The zero-order chi connectivity index (χ0) is 15.1. The predicted molar refractivity (Wildman–Crippen MR) is 85.3 cm³/mol. The molecular formula is C15H23N3OS. The number of rotatable bonds is 8. The lowest BCUT2D eigenvalue weighted by Gasteiger charge is -2.18. The van der Waals surface area contributed by atoms with Crippen LogP contribution in [0.1, 0.15) is 68.1 Å². The molecule has 1 unspecified atom stereocenters. The van der Waals surface area contributed by atoms with E-state index in [4.69, 9.17) is 5.73 Å². The van der Waals surface area contributed by atoms with Crippen LogP contribution in [0.5, 0.6) is 0 Å². The molecule has 1 rings (SSSR count). The second-order valence-electron chi connectivity index (χ2n) is 4.99. The van der Waals surface area contributed by atoms with Gasteiger partial charge in [-0.2, -0.15) is 5.26 Å². The minimum atomic E-state index is -0.0855. The van der Waals surface area contributed by atoms with Crippen LogP contribution in [0, 0.1) is 11.3 Å². The summed E-state index contributed by atoms with van der Waals surface area (Å²) in [6.07, 6.45) is 5.52. The second kappa shape index (κ2) is 7.91. The van der Waals surface area contributed by atoms with E-state index >= 15 is 0 Å². The van der Waals surface area contributed by atoms with Crippen molar-refractivity contribution in [3.05, 3.63) is 10.4 Å². The van der Waals surface area contributed by atoms with Crippen LogP contribution in [0.4, 0.5) is 10.7 Å². The van der Waals surface area contributed by atoms with Crippen LogP contribution < -0.4 is 11.1 Å². The van der Waals surface area contributed by atoms with Gasteiger partial charge < -0.3 is 11.1 Å². The van der Waals surface area contributed by atoms with Crippen LogP contribution in [-0.2, 0) is 0 Å². The highest BCUT2D eigenvalue weighted by Crippen LogP contribution is 2.36. The van der Waals surface area contributed by atoms with E-state index in [1.165, 1.54) is 18.3 Å². The summed E-state index contributed by atoms with van der Waals surface area (Å²) < 4.78 is 0. The summed E-state index contributed by atoms with van der Waals surface area (Å²) in [6.45, 7) is 5.80. The molecule has 4 nitrogen and oxygen atoms in total. The monoisotopic (exact) mass is 293 g/mol. The Balaban J connectivity index is 2.97. The predicted octanol–water partition coefficient (Wildman–Crippen LogP) is 4.18. The SMILES string of the molecule is CCCCC(CCC)Nc1sc(C(C)=O)c(N)c1C#N. The van der Waals surface area contributed by atoms with Crippen molar-refractivity contribution in [2.75, 3.05) is 11.1 Å². The number of nitrogens with two attached hydrogens (primary N) is 1. The molecule has 1 atom stereocenters. The molecule has 1 heterocycles. The Labute approximate surface area is 125 Å². The standard InChI is InChI=1S/C15H23N3OS/c1-4-6-8-11(7-5-2)18-15-12(9-16)13(17)14(20-15)10(3)19/h11,18H,4-8,17H2,1-3H3. The number of ketones is 1. The third-order valence-electron chi connectivity index (χ3n) is 3.26. The molecule has 0 spiro atoms. The molecular weight excluding hydrogens is 270 g/mol. The molecule has 1 aromatic heterocycles. The molecule has 0 saturated carbocycles. The first-order valence-electron chi connectivity index (χ1n) is 7.14. The average molecular weight is 293 g/mol. The van der Waals surface area contributed by atoms with Gasteiger partial charge in [0.2, 0.25) is 0 Å². The summed E-state index contributed by atoms with van der Waals surface area (Å²) >= 11 is 1.30. The number of carbonyl (C=O) groups is 1. The number of carbonyl (C=O) groups excluding carboxylic acids is 1. The summed E-state index contributed by atoms with van der Waals surface area (Å²) in [6, 6.07) is 2.45. The van der Waals surface area contributed by atoms with E-state index in [2.05, 4.69) is 25.2 Å². The first-order chi connectivity index (χ1) is 9.54. The fraction of sp³-hybridized carbons (Fsp3) is 0.600. The first kappa shape index (κ1) is 16.5. The summed E-state index contributed by atoms with van der Waals surface area (Å²) in [4.78, 5) is 12.0. The van der Waals surface area contributed by atoms with Crippen molar-refractivity contribution in [3.63, 3.8) is 0 Å². The van der Waals surface area contributed by atoms with Gasteiger partial charge in [0.1, 0.15) is 16.6 Å². The number of nitrogens with one attached hydrogen (secondary N) is 1. The highest BCUT2D eigenvalue weighted by Gasteiger charge is 2.20. The summed E-state index contributed by atoms with van der Waals surface area (Å²) in [5.41, 5.74) is 6.62. The Morgan fingerprint density at radius 3 is 2.60 bits per heavy atom. The topological polar surface area (TPSA) is 78.9 Å². The largest absolute Gasteiger partial charge is 0.396 e. The number of hydrogen-bond acceptors (Lipinski definition) is 5. The summed E-state index contributed by atoms with van der Waals surface area (Å²) in [5, 5.41) is 13.4. The molecule has 0 saturated heterocycles. The fourth-order valence-corrected chi connectivity index (χ4v) is 3.23. The van der Waals surface area contributed by atoms with Gasteiger partial charge in [-0.3, -0.25) is 4.79 Å². The maximum atomic E-state index is 11.5. The van der Waals surface area contributed by atoms with Crippen molar-refractivity contribution < 1.29 is 4.79 Å². The van der Waals surface area contributed by atoms with Crippen molar-refractivity contribution in [3.8, 4) is 6.07 Å². The second-order valence-corrected chi connectivity index (χ2v) is 6.01. The summed E-state index contributed by atoms with van der Waals surface area (Å²) in [5.74, 6) is -0.0855. The normalized spacial score (nSPS) is 11.9. The van der Waals surface area contributed by atoms with Crippen molar-refractivity contribution in [2.45, 2.75) is 58.9 Å². The minimum absolute atomic E-state index is 0.0855. The Bertz CT molecular complexity index is 502.